The Balaban J connectivity index is 3.49. The summed E-state index contributed by atoms with van der Waals surface area (Å²) in [5.41, 5.74) is 0. The first-order chi connectivity index (χ1) is 5.72. The lowest BCUT2D eigenvalue weighted by atomic mass is 10.1. The van der Waals surface area contributed by atoms with Gasteiger partial charge in [0.05, 0.1) is 0 Å². The van der Waals surface area contributed by atoms with Crippen LogP contribution in [0.25, 0.3) is 0 Å². The van der Waals surface area contributed by atoms with Gasteiger partial charge < -0.3 is 10.2 Å². The molecule has 12 heavy (non-hydrogen) atoms. The summed E-state index contributed by atoms with van der Waals surface area (Å²) in [5.74, 6) is 0. The quantitative estimate of drug-likeness (QED) is 0.588. The van der Waals surface area contributed by atoms with Crippen LogP contribution in [0.1, 0.15) is 33.1 Å². The predicted octanol–water partition coefficient (Wildman–Crippen LogP) is 1.72. The summed E-state index contributed by atoms with van der Waals surface area (Å²) in [6, 6.07) is 0.758. The van der Waals surface area contributed by atoms with Gasteiger partial charge in [0.2, 0.25) is 0 Å². The third-order valence-electron chi connectivity index (χ3n) is 2.26. The Bertz CT molecular complexity index is 91.8. The molecule has 0 aromatic heterocycles. The van der Waals surface area contributed by atoms with Gasteiger partial charge in [-0.05, 0) is 40.0 Å². The van der Waals surface area contributed by atoms with Gasteiger partial charge in [0.1, 0.15) is 0 Å². The minimum Gasteiger partial charge on any atom is -0.317 e. The summed E-state index contributed by atoms with van der Waals surface area (Å²) in [7, 11) is 4.35. The molecule has 1 atom stereocenters. The molecule has 1 N–H and O–H groups in total. The lowest BCUT2D eigenvalue weighted by Crippen LogP contribution is -2.31. The Hall–Kier alpha value is -0.0800. The molecule has 0 aliphatic heterocycles. The first-order valence-electron chi connectivity index (χ1n) is 5.09. The summed E-state index contributed by atoms with van der Waals surface area (Å²) in [6.45, 7) is 6.65. The topological polar surface area (TPSA) is 15.3 Å². The van der Waals surface area contributed by atoms with Crippen LogP contribution in [0.4, 0.5) is 0 Å². The van der Waals surface area contributed by atoms with Crippen molar-refractivity contribution in [2.24, 2.45) is 0 Å². The average molecular weight is 172 g/mol. The Kier molecular flexibility index (Phi) is 7.51. The first-order valence-corrected chi connectivity index (χ1v) is 5.09. The van der Waals surface area contributed by atoms with E-state index < -0.39 is 0 Å². The van der Waals surface area contributed by atoms with E-state index in [9.17, 15) is 0 Å². The molecule has 0 spiro atoms. The van der Waals surface area contributed by atoms with Gasteiger partial charge in [-0.15, -0.1) is 0 Å². The summed E-state index contributed by atoms with van der Waals surface area (Å²) in [5, 5.41) is 3.37. The summed E-state index contributed by atoms with van der Waals surface area (Å²) >= 11 is 0. The second kappa shape index (κ2) is 7.56. The van der Waals surface area contributed by atoms with E-state index >= 15 is 0 Å². The number of rotatable bonds is 7. The Morgan fingerprint density at radius 1 is 1.17 bits per heavy atom. The zero-order valence-electron chi connectivity index (χ0n) is 9.06. The van der Waals surface area contributed by atoms with Crippen molar-refractivity contribution in [1.29, 1.82) is 0 Å². The molecule has 1 unspecified atom stereocenters. The second-order valence-electron chi connectivity index (χ2n) is 3.55. The van der Waals surface area contributed by atoms with E-state index in [1.807, 2.05) is 0 Å². The highest BCUT2D eigenvalue weighted by Gasteiger charge is 2.08. The first kappa shape index (κ1) is 11.9. The molecule has 0 aliphatic carbocycles. The SMILES string of the molecule is CCCC(CCNCC)N(C)C. The van der Waals surface area contributed by atoms with E-state index in [-0.39, 0.29) is 0 Å². The fraction of sp³-hybridized carbons (Fsp3) is 1.00. The lowest BCUT2D eigenvalue weighted by Gasteiger charge is -2.23. The molecule has 0 radical (unpaired) electrons. The summed E-state index contributed by atoms with van der Waals surface area (Å²) in [4.78, 5) is 2.33. The van der Waals surface area contributed by atoms with Gasteiger partial charge in [-0.3, -0.25) is 0 Å². The molecule has 0 aliphatic rings. The molecule has 0 saturated heterocycles. The molecule has 0 rings (SSSR count). The molecular formula is C10H24N2. The van der Waals surface area contributed by atoms with Crippen LogP contribution in [0.3, 0.4) is 0 Å². The van der Waals surface area contributed by atoms with Gasteiger partial charge in [-0.2, -0.15) is 0 Å². The molecule has 0 aromatic rings. The number of nitrogens with zero attached hydrogens (tertiary/aromatic N) is 1. The summed E-state index contributed by atoms with van der Waals surface area (Å²) in [6.07, 6.45) is 3.88. The zero-order valence-corrected chi connectivity index (χ0v) is 9.06. The second-order valence-corrected chi connectivity index (χ2v) is 3.55. The Morgan fingerprint density at radius 2 is 1.83 bits per heavy atom. The van der Waals surface area contributed by atoms with Gasteiger partial charge in [0, 0.05) is 6.04 Å². The van der Waals surface area contributed by atoms with E-state index in [1.54, 1.807) is 0 Å². The van der Waals surface area contributed by atoms with Crippen LogP contribution in [-0.2, 0) is 0 Å². The molecule has 0 aromatic carbocycles. The molecule has 0 amide bonds. The van der Waals surface area contributed by atoms with Crippen molar-refractivity contribution in [3.63, 3.8) is 0 Å². The summed E-state index contributed by atoms with van der Waals surface area (Å²) < 4.78 is 0. The van der Waals surface area contributed by atoms with Crippen molar-refractivity contribution >= 4 is 0 Å². The molecule has 0 bridgehead atoms. The number of nitrogens with one attached hydrogen (secondary N) is 1. The molecule has 2 nitrogen and oxygen atoms in total. The van der Waals surface area contributed by atoms with Crippen LogP contribution in [0, 0.1) is 0 Å². The predicted molar refractivity (Wildman–Crippen MR) is 55.5 cm³/mol. The van der Waals surface area contributed by atoms with Crippen LogP contribution < -0.4 is 5.32 Å². The Labute approximate surface area is 77.3 Å². The monoisotopic (exact) mass is 172 g/mol. The molecule has 0 heterocycles. The van der Waals surface area contributed by atoms with Crippen LogP contribution in [0.2, 0.25) is 0 Å². The maximum atomic E-state index is 3.37. The average Bonchev–Trinajstić information content (AvgIpc) is 2.03. The van der Waals surface area contributed by atoms with Gasteiger partial charge in [-0.25, -0.2) is 0 Å². The molecule has 2 heteroatoms. The minimum atomic E-state index is 0.758. The normalized spacial score (nSPS) is 13.8. The van der Waals surface area contributed by atoms with Crippen LogP contribution in [-0.4, -0.2) is 38.1 Å². The van der Waals surface area contributed by atoms with E-state index in [4.69, 9.17) is 0 Å². The third-order valence-corrected chi connectivity index (χ3v) is 2.26. The lowest BCUT2D eigenvalue weighted by molar-refractivity contribution is 0.260. The van der Waals surface area contributed by atoms with Gasteiger partial charge in [0.25, 0.3) is 0 Å². The molecule has 0 fully saturated rings. The molecule has 0 saturated carbocycles. The van der Waals surface area contributed by atoms with Crippen LogP contribution in [0.5, 0.6) is 0 Å². The van der Waals surface area contributed by atoms with Crippen LogP contribution >= 0.6 is 0 Å². The highest BCUT2D eigenvalue weighted by atomic mass is 15.1. The standard InChI is InChI=1S/C10H24N2/c1-5-7-10(12(3)4)8-9-11-6-2/h10-11H,5-9H2,1-4H3. The molecular weight excluding hydrogens is 148 g/mol. The zero-order chi connectivity index (χ0) is 9.40. The smallest absolute Gasteiger partial charge is 0.0101 e. The van der Waals surface area contributed by atoms with Gasteiger partial charge in [-0.1, -0.05) is 20.3 Å². The fourth-order valence-corrected chi connectivity index (χ4v) is 1.44. The number of hydrogen-bond donors (Lipinski definition) is 1. The minimum absolute atomic E-state index is 0.758. The number of hydrogen-bond acceptors (Lipinski definition) is 2. The van der Waals surface area contributed by atoms with Crippen molar-refractivity contribution in [1.82, 2.24) is 10.2 Å². The van der Waals surface area contributed by atoms with E-state index in [0.717, 1.165) is 19.1 Å². The molecule has 74 valence electrons. The Morgan fingerprint density at radius 3 is 2.25 bits per heavy atom. The third kappa shape index (κ3) is 5.56. The largest absolute Gasteiger partial charge is 0.317 e. The van der Waals surface area contributed by atoms with Gasteiger partial charge >= 0.3 is 0 Å². The van der Waals surface area contributed by atoms with E-state index in [1.165, 1.54) is 19.3 Å². The van der Waals surface area contributed by atoms with Crippen LogP contribution in [0.15, 0.2) is 0 Å². The van der Waals surface area contributed by atoms with E-state index in [0.29, 0.717) is 0 Å². The van der Waals surface area contributed by atoms with Gasteiger partial charge in [0.15, 0.2) is 0 Å². The highest BCUT2D eigenvalue weighted by molar-refractivity contribution is 4.66. The maximum absolute atomic E-state index is 3.37. The van der Waals surface area contributed by atoms with Crippen molar-refractivity contribution < 1.29 is 0 Å². The maximum Gasteiger partial charge on any atom is 0.0101 e. The van der Waals surface area contributed by atoms with Crippen molar-refractivity contribution in [3.8, 4) is 0 Å². The highest BCUT2D eigenvalue weighted by Crippen LogP contribution is 2.06. The van der Waals surface area contributed by atoms with Crippen molar-refractivity contribution in [2.75, 3.05) is 27.2 Å². The van der Waals surface area contributed by atoms with E-state index in [2.05, 4.69) is 38.2 Å². The van der Waals surface area contributed by atoms with Crippen molar-refractivity contribution in [3.05, 3.63) is 0 Å². The fourth-order valence-electron chi connectivity index (χ4n) is 1.44. The van der Waals surface area contributed by atoms with Crippen molar-refractivity contribution in [2.45, 2.75) is 39.2 Å².